The molecule has 0 unspecified atom stereocenters. The normalized spacial score (nSPS) is 13.7. The lowest BCUT2D eigenvalue weighted by Crippen LogP contribution is -2.43. The number of ether oxygens (including phenoxy) is 4. The van der Waals surface area contributed by atoms with Crippen molar-refractivity contribution in [2.24, 2.45) is 0 Å². The van der Waals surface area contributed by atoms with E-state index in [1.54, 1.807) is 32.2 Å². The minimum Gasteiger partial charge on any atom is -0.466 e. The summed E-state index contributed by atoms with van der Waals surface area (Å²) in [7, 11) is 0. The quantitative estimate of drug-likeness (QED) is 0.148. The average molecular weight is 703 g/mol. The van der Waals surface area contributed by atoms with Gasteiger partial charge in [0, 0.05) is 36.3 Å². The maximum absolute atomic E-state index is 12.3. The van der Waals surface area contributed by atoms with E-state index in [1.807, 2.05) is 0 Å². The van der Waals surface area contributed by atoms with Gasteiger partial charge in [-0.05, 0) is 62.0 Å². The molecule has 2 aromatic rings. The van der Waals surface area contributed by atoms with Crippen molar-refractivity contribution >= 4 is 67.0 Å². The smallest absolute Gasteiger partial charge is 0.318 e. The van der Waals surface area contributed by atoms with E-state index in [0.717, 1.165) is 23.9 Å². The molecule has 0 amide bonds. The third-order valence-electron chi connectivity index (χ3n) is 4.89. The van der Waals surface area contributed by atoms with E-state index >= 15 is 0 Å². The van der Waals surface area contributed by atoms with Crippen LogP contribution in [0.25, 0.3) is 0 Å². The SMILES string of the molecule is BrCCOCCBr.CCOC(=O)C1(c2ccnc(Cl)n2)CCOCC1.CCOC(=O)Cc1ccnc(Cl)n1. The molecule has 212 valence electrons. The van der Waals surface area contributed by atoms with Crippen LogP contribution in [-0.2, 0) is 40.4 Å². The van der Waals surface area contributed by atoms with Crippen molar-refractivity contribution in [3.8, 4) is 0 Å². The predicted molar refractivity (Wildman–Crippen MR) is 151 cm³/mol. The lowest BCUT2D eigenvalue weighted by atomic mass is 9.77. The van der Waals surface area contributed by atoms with E-state index in [1.165, 1.54) is 6.20 Å². The number of nitrogens with zero attached hydrogens (tertiary/aromatic N) is 4. The number of carbonyl (C=O) groups is 2. The Bertz CT molecular complexity index is 967. The Balaban J connectivity index is 0.000000316. The molecule has 14 heteroatoms. The third-order valence-corrected chi connectivity index (χ3v) is 5.90. The van der Waals surface area contributed by atoms with Crippen molar-refractivity contribution < 1.29 is 28.5 Å². The van der Waals surface area contributed by atoms with Crippen LogP contribution in [0.4, 0.5) is 0 Å². The molecule has 3 rings (SSSR count). The lowest BCUT2D eigenvalue weighted by molar-refractivity contribution is -0.154. The van der Waals surface area contributed by atoms with Crippen LogP contribution in [0, 0.1) is 0 Å². The summed E-state index contributed by atoms with van der Waals surface area (Å²) in [5, 5.41) is 2.14. The van der Waals surface area contributed by atoms with Gasteiger partial charge in [-0.2, -0.15) is 0 Å². The van der Waals surface area contributed by atoms with Gasteiger partial charge in [0.15, 0.2) is 0 Å². The zero-order chi connectivity index (χ0) is 28.2. The summed E-state index contributed by atoms with van der Waals surface area (Å²) < 4.78 is 20.3. The predicted octanol–water partition coefficient (Wildman–Crippen LogP) is 4.77. The standard InChI is InChI=1S/C12H15ClN2O3.C8H9ClN2O2.C4H8Br2O/c1-2-18-10(16)12(4-7-17-8-5-12)9-3-6-14-11(13)15-9;1-2-13-7(12)5-6-3-4-10-8(9)11-6;5-1-3-7-4-2-6/h3,6H,2,4-5,7-8H2,1H3;3-4H,2,5H2,1H3;1-4H2. The minimum atomic E-state index is -0.749. The second-order valence-corrected chi connectivity index (χ2v) is 9.68. The molecule has 1 aliphatic rings. The molecule has 0 N–H and O–H groups in total. The molecule has 0 aromatic carbocycles. The van der Waals surface area contributed by atoms with Crippen molar-refractivity contribution in [2.75, 3.05) is 50.3 Å². The van der Waals surface area contributed by atoms with E-state index < -0.39 is 5.41 Å². The van der Waals surface area contributed by atoms with Gasteiger partial charge in [-0.25, -0.2) is 19.9 Å². The number of halogens is 4. The molecular weight excluding hydrogens is 671 g/mol. The Labute approximate surface area is 249 Å². The summed E-state index contributed by atoms with van der Waals surface area (Å²) in [6, 6.07) is 3.34. The number of hydrogen-bond acceptors (Lipinski definition) is 10. The van der Waals surface area contributed by atoms with Gasteiger partial charge in [-0.1, -0.05) is 31.9 Å². The molecule has 0 saturated carbocycles. The van der Waals surface area contributed by atoms with Gasteiger partial charge < -0.3 is 18.9 Å². The monoisotopic (exact) mass is 700 g/mol. The van der Waals surface area contributed by atoms with Crippen molar-refractivity contribution in [3.05, 3.63) is 46.5 Å². The zero-order valence-electron chi connectivity index (χ0n) is 21.3. The molecule has 10 nitrogen and oxygen atoms in total. The highest BCUT2D eigenvalue weighted by atomic mass is 79.9. The Morgan fingerprint density at radius 3 is 2.05 bits per heavy atom. The first-order valence-corrected chi connectivity index (χ1v) is 14.9. The van der Waals surface area contributed by atoms with Crippen LogP contribution >= 0.6 is 55.1 Å². The van der Waals surface area contributed by atoms with Gasteiger partial charge in [0.2, 0.25) is 10.6 Å². The van der Waals surface area contributed by atoms with Crippen LogP contribution in [0.15, 0.2) is 24.5 Å². The Hall–Kier alpha value is -1.44. The number of esters is 2. The molecular formula is C24H32Br2Cl2N4O6. The molecule has 0 atom stereocenters. The van der Waals surface area contributed by atoms with Gasteiger partial charge in [0.25, 0.3) is 0 Å². The summed E-state index contributed by atoms with van der Waals surface area (Å²) in [5.41, 5.74) is 0.434. The second kappa shape index (κ2) is 20.5. The fourth-order valence-corrected chi connectivity index (χ4v) is 3.96. The zero-order valence-corrected chi connectivity index (χ0v) is 26.0. The van der Waals surface area contributed by atoms with Gasteiger partial charge in [-0.15, -0.1) is 0 Å². The van der Waals surface area contributed by atoms with Crippen molar-refractivity contribution in [3.63, 3.8) is 0 Å². The molecule has 2 aromatic heterocycles. The second-order valence-electron chi connectivity index (χ2n) is 7.42. The number of hydrogen-bond donors (Lipinski definition) is 0. The maximum Gasteiger partial charge on any atom is 0.318 e. The Morgan fingerprint density at radius 1 is 0.947 bits per heavy atom. The summed E-state index contributed by atoms with van der Waals surface area (Å²) in [6.07, 6.45) is 4.30. The molecule has 1 aliphatic heterocycles. The van der Waals surface area contributed by atoms with Crippen LogP contribution in [0.1, 0.15) is 38.1 Å². The summed E-state index contributed by atoms with van der Waals surface area (Å²) in [5.74, 6) is -0.569. The number of carbonyl (C=O) groups excluding carboxylic acids is 2. The molecule has 38 heavy (non-hydrogen) atoms. The molecule has 0 radical (unpaired) electrons. The number of alkyl halides is 2. The van der Waals surface area contributed by atoms with Crippen LogP contribution in [0.5, 0.6) is 0 Å². The first-order chi connectivity index (χ1) is 18.3. The largest absolute Gasteiger partial charge is 0.466 e. The summed E-state index contributed by atoms with van der Waals surface area (Å²) >= 11 is 17.8. The van der Waals surface area contributed by atoms with Crippen LogP contribution in [-0.4, -0.2) is 82.2 Å². The molecule has 0 aliphatic carbocycles. The van der Waals surface area contributed by atoms with Crippen LogP contribution < -0.4 is 0 Å². The highest BCUT2D eigenvalue weighted by molar-refractivity contribution is 9.09. The van der Waals surface area contributed by atoms with Gasteiger partial charge in [0.1, 0.15) is 5.41 Å². The van der Waals surface area contributed by atoms with E-state index in [2.05, 4.69) is 51.8 Å². The van der Waals surface area contributed by atoms with E-state index in [-0.39, 0.29) is 28.9 Å². The van der Waals surface area contributed by atoms with Crippen LogP contribution in [0.3, 0.4) is 0 Å². The third kappa shape index (κ3) is 13.1. The first-order valence-electron chi connectivity index (χ1n) is 11.9. The lowest BCUT2D eigenvalue weighted by Gasteiger charge is -2.34. The number of rotatable bonds is 10. The Kier molecular flexibility index (Phi) is 18.6. The van der Waals surface area contributed by atoms with Gasteiger partial charge >= 0.3 is 11.9 Å². The highest BCUT2D eigenvalue weighted by Gasteiger charge is 2.44. The number of aromatic nitrogens is 4. The maximum atomic E-state index is 12.3. The van der Waals surface area contributed by atoms with Crippen LogP contribution in [0.2, 0.25) is 10.6 Å². The topological polar surface area (TPSA) is 123 Å². The molecule has 0 bridgehead atoms. The summed E-state index contributed by atoms with van der Waals surface area (Å²) in [6.45, 7) is 6.92. The van der Waals surface area contributed by atoms with Crippen molar-refractivity contribution in [2.45, 2.75) is 38.5 Å². The molecule has 1 saturated heterocycles. The minimum absolute atomic E-state index is 0.135. The van der Waals surface area contributed by atoms with E-state index in [4.69, 9.17) is 42.1 Å². The molecule has 1 fully saturated rings. The summed E-state index contributed by atoms with van der Waals surface area (Å²) in [4.78, 5) is 38.8. The van der Waals surface area contributed by atoms with Crippen molar-refractivity contribution in [1.82, 2.24) is 19.9 Å². The van der Waals surface area contributed by atoms with Gasteiger partial charge in [0.05, 0.1) is 44.2 Å². The van der Waals surface area contributed by atoms with E-state index in [9.17, 15) is 9.59 Å². The van der Waals surface area contributed by atoms with Crippen molar-refractivity contribution in [1.29, 1.82) is 0 Å². The average Bonchev–Trinajstić information content (AvgIpc) is 2.90. The first kappa shape index (κ1) is 34.6. The van der Waals surface area contributed by atoms with Gasteiger partial charge in [-0.3, -0.25) is 9.59 Å². The highest BCUT2D eigenvalue weighted by Crippen LogP contribution is 2.35. The fourth-order valence-electron chi connectivity index (χ4n) is 3.19. The Morgan fingerprint density at radius 2 is 1.53 bits per heavy atom. The van der Waals surface area contributed by atoms with E-state index in [0.29, 0.717) is 50.7 Å². The fraction of sp³-hybridized carbons (Fsp3) is 0.583. The molecule has 0 spiro atoms. The molecule has 3 heterocycles.